The van der Waals surface area contributed by atoms with Crippen LogP contribution in [-0.2, 0) is 23.9 Å². The summed E-state index contributed by atoms with van der Waals surface area (Å²) in [5.41, 5.74) is -0.525. The fourth-order valence-electron chi connectivity index (χ4n) is 4.59. The molecule has 3 aromatic rings. The summed E-state index contributed by atoms with van der Waals surface area (Å²) < 4.78 is 10.2. The van der Waals surface area contributed by atoms with Crippen LogP contribution in [0.25, 0.3) is 11.0 Å². The third-order valence-electron chi connectivity index (χ3n) is 6.55. The number of hydrogen-bond acceptors (Lipinski definition) is 9. The number of carbonyl (C=O) groups is 5. The molecular weight excluding hydrogens is 554 g/mol. The number of para-hydroxylation sites is 1. The Hall–Kier alpha value is -4.91. The summed E-state index contributed by atoms with van der Waals surface area (Å²) in [7, 11) is 0. The lowest BCUT2D eigenvalue weighted by Crippen LogP contribution is -2.71. The number of fused-ring (bicyclic) bond motifs is 2. The Morgan fingerprint density at radius 1 is 1.10 bits per heavy atom. The van der Waals surface area contributed by atoms with E-state index < -0.39 is 52.7 Å². The molecule has 41 heavy (non-hydrogen) atoms. The number of thioether (sulfide) groups is 1. The van der Waals surface area contributed by atoms with Gasteiger partial charge in [0, 0.05) is 23.6 Å². The first kappa shape index (κ1) is 27.6. The van der Waals surface area contributed by atoms with Gasteiger partial charge in [-0.3, -0.25) is 24.1 Å². The third-order valence-corrected chi connectivity index (χ3v) is 7.89. The Morgan fingerprint density at radius 2 is 1.80 bits per heavy atom. The van der Waals surface area contributed by atoms with E-state index in [0.717, 1.165) is 4.90 Å². The highest BCUT2D eigenvalue weighted by Gasteiger charge is 2.54. The summed E-state index contributed by atoms with van der Waals surface area (Å²) in [6.07, 6.45) is 0. The van der Waals surface area contributed by atoms with Gasteiger partial charge < -0.3 is 24.9 Å². The van der Waals surface area contributed by atoms with Crippen LogP contribution in [0, 0.1) is 0 Å². The number of benzene rings is 2. The van der Waals surface area contributed by atoms with Crippen molar-refractivity contribution < 1.29 is 38.2 Å². The average Bonchev–Trinajstić information content (AvgIpc) is 2.96. The van der Waals surface area contributed by atoms with Gasteiger partial charge in [0.2, 0.25) is 5.91 Å². The Kier molecular flexibility index (Phi) is 7.62. The number of hydrogen-bond donors (Lipinski definition) is 3. The van der Waals surface area contributed by atoms with Crippen LogP contribution in [0.4, 0.5) is 0 Å². The second kappa shape index (κ2) is 11.3. The lowest BCUT2D eigenvalue weighted by molar-refractivity contribution is -0.151. The Labute approximate surface area is 236 Å². The topological polar surface area (TPSA) is 172 Å². The fraction of sp³-hybridized carbons (Fsp3) is 0.214. The molecule has 1 aromatic heterocycles. The van der Waals surface area contributed by atoms with Gasteiger partial charge in [-0.25, -0.2) is 9.59 Å². The predicted octanol–water partition coefficient (Wildman–Crippen LogP) is 1.57. The summed E-state index contributed by atoms with van der Waals surface area (Å²) in [5, 5.41) is 14.7. The van der Waals surface area contributed by atoms with Crippen LogP contribution in [0.5, 0.6) is 0 Å². The van der Waals surface area contributed by atoms with Crippen molar-refractivity contribution in [2.45, 2.75) is 24.4 Å². The van der Waals surface area contributed by atoms with Crippen LogP contribution in [0.15, 0.2) is 81.1 Å². The van der Waals surface area contributed by atoms with Gasteiger partial charge in [0.1, 0.15) is 40.9 Å². The number of rotatable bonds is 8. The number of nitrogens with one attached hydrogen (secondary N) is 2. The molecule has 3 heterocycles. The molecule has 2 aliphatic heterocycles. The molecule has 0 spiro atoms. The van der Waals surface area contributed by atoms with Crippen molar-refractivity contribution in [1.29, 1.82) is 0 Å². The van der Waals surface area contributed by atoms with E-state index in [2.05, 4.69) is 10.6 Å². The van der Waals surface area contributed by atoms with E-state index in [1.165, 1.54) is 24.8 Å². The van der Waals surface area contributed by atoms with Crippen molar-refractivity contribution in [2.75, 3.05) is 12.4 Å². The highest BCUT2D eigenvalue weighted by Crippen LogP contribution is 2.40. The van der Waals surface area contributed by atoms with Crippen molar-refractivity contribution >= 4 is 52.4 Å². The van der Waals surface area contributed by atoms with Crippen molar-refractivity contribution in [3.05, 3.63) is 93.5 Å². The van der Waals surface area contributed by atoms with Gasteiger partial charge >= 0.3 is 17.6 Å². The zero-order valence-electron chi connectivity index (χ0n) is 21.5. The van der Waals surface area contributed by atoms with Crippen LogP contribution >= 0.6 is 11.8 Å². The monoisotopic (exact) mass is 577 g/mol. The number of aliphatic carboxylic acids is 1. The summed E-state index contributed by atoms with van der Waals surface area (Å²) in [5.74, 6) is -4.05. The molecule has 13 heteroatoms. The molecule has 3 N–H and O–H groups in total. The fourth-order valence-corrected chi connectivity index (χ4v) is 5.92. The van der Waals surface area contributed by atoms with E-state index in [-0.39, 0.29) is 29.2 Å². The number of carboxylic acids is 1. The number of ether oxygens (including phenoxy) is 1. The van der Waals surface area contributed by atoms with E-state index in [4.69, 9.17) is 9.15 Å². The van der Waals surface area contributed by atoms with Crippen molar-refractivity contribution in [3.8, 4) is 0 Å². The number of β-lactam (4-membered cyclic amide) rings is 1. The molecule has 0 bridgehead atoms. The van der Waals surface area contributed by atoms with Crippen LogP contribution in [0.2, 0.25) is 0 Å². The van der Waals surface area contributed by atoms with Crippen molar-refractivity contribution in [3.63, 3.8) is 0 Å². The molecule has 1 saturated heterocycles. The SMILES string of the molecule is CC(=O)OCC1=C(C(=O)O)N2C(=O)[C@@H](NC(=O)C(NC(=O)c3cc4ccccc4oc3=O)c3ccccc3)[C@H]2SC1. The van der Waals surface area contributed by atoms with Crippen LogP contribution in [0.3, 0.4) is 0 Å². The molecule has 0 radical (unpaired) electrons. The van der Waals surface area contributed by atoms with E-state index >= 15 is 0 Å². The largest absolute Gasteiger partial charge is 0.477 e. The zero-order valence-corrected chi connectivity index (χ0v) is 22.3. The summed E-state index contributed by atoms with van der Waals surface area (Å²) in [4.78, 5) is 76.5. The lowest BCUT2D eigenvalue weighted by atomic mass is 10.0. The van der Waals surface area contributed by atoms with Gasteiger partial charge in [-0.2, -0.15) is 0 Å². The van der Waals surface area contributed by atoms with E-state index in [9.17, 15) is 33.9 Å². The maximum absolute atomic E-state index is 13.5. The minimum absolute atomic E-state index is 0.159. The second-order valence-corrected chi connectivity index (χ2v) is 10.3. The number of amides is 3. The molecular formula is C28H23N3O9S. The highest BCUT2D eigenvalue weighted by atomic mass is 32.2. The minimum Gasteiger partial charge on any atom is -0.477 e. The van der Waals surface area contributed by atoms with Gasteiger partial charge in [-0.1, -0.05) is 48.5 Å². The van der Waals surface area contributed by atoms with Crippen molar-refractivity contribution in [1.82, 2.24) is 15.5 Å². The smallest absolute Gasteiger partial charge is 0.352 e. The molecule has 0 saturated carbocycles. The highest BCUT2D eigenvalue weighted by molar-refractivity contribution is 8.00. The van der Waals surface area contributed by atoms with Gasteiger partial charge in [-0.15, -0.1) is 11.8 Å². The predicted molar refractivity (Wildman–Crippen MR) is 145 cm³/mol. The normalized spacial score (nSPS) is 18.7. The molecule has 2 aliphatic rings. The minimum atomic E-state index is -1.36. The first-order valence-electron chi connectivity index (χ1n) is 12.4. The molecule has 0 aliphatic carbocycles. The molecule has 2 aromatic carbocycles. The van der Waals surface area contributed by atoms with Crippen LogP contribution in [-0.4, -0.2) is 63.4 Å². The summed E-state index contributed by atoms with van der Waals surface area (Å²) in [6.45, 7) is 0.914. The first-order chi connectivity index (χ1) is 19.7. The standard InChI is InChI=1S/C28H23N3O9S/c1-14(32)39-12-17-13-41-26-21(25(35)31(26)22(17)27(36)37)30-24(34)20(15-7-3-2-4-8-15)29-23(33)18-11-16-9-5-6-10-19(16)40-28(18)38/h2-11,20-21,26H,12-13H2,1H3,(H,29,33)(H,30,34)(H,36,37)/t20?,21-,26-/m1/s1. The maximum atomic E-state index is 13.5. The molecule has 3 amide bonds. The number of carboxylic acid groups (broad SMARTS) is 1. The van der Waals surface area contributed by atoms with Gasteiger partial charge in [0.05, 0.1) is 0 Å². The van der Waals surface area contributed by atoms with Crippen LogP contribution < -0.4 is 16.3 Å². The maximum Gasteiger partial charge on any atom is 0.352 e. The molecule has 5 rings (SSSR count). The molecule has 3 atom stereocenters. The Balaban J connectivity index is 1.37. The lowest BCUT2D eigenvalue weighted by Gasteiger charge is -2.49. The van der Waals surface area contributed by atoms with Crippen molar-refractivity contribution in [2.24, 2.45) is 0 Å². The summed E-state index contributed by atoms with van der Waals surface area (Å²) >= 11 is 1.21. The average molecular weight is 578 g/mol. The van der Waals surface area contributed by atoms with Gasteiger partial charge in [-0.05, 0) is 17.7 Å². The third kappa shape index (κ3) is 5.43. The molecule has 1 unspecified atom stereocenters. The quantitative estimate of drug-likeness (QED) is 0.203. The Bertz CT molecular complexity index is 1670. The van der Waals surface area contributed by atoms with Gasteiger partial charge in [0.15, 0.2) is 0 Å². The Morgan fingerprint density at radius 3 is 2.51 bits per heavy atom. The molecule has 12 nitrogen and oxygen atoms in total. The second-order valence-electron chi connectivity index (χ2n) is 9.24. The summed E-state index contributed by atoms with van der Waals surface area (Å²) in [6, 6.07) is 13.9. The first-order valence-corrected chi connectivity index (χ1v) is 13.4. The number of esters is 1. The van der Waals surface area contributed by atoms with Gasteiger partial charge in [0.25, 0.3) is 11.8 Å². The van der Waals surface area contributed by atoms with Crippen LogP contribution in [0.1, 0.15) is 28.9 Å². The molecule has 1 fully saturated rings. The van der Waals surface area contributed by atoms with E-state index in [0.29, 0.717) is 16.5 Å². The van der Waals surface area contributed by atoms with E-state index in [1.54, 1.807) is 54.6 Å². The molecule has 210 valence electrons. The number of nitrogens with zero attached hydrogens (tertiary/aromatic N) is 1. The van der Waals surface area contributed by atoms with E-state index in [1.807, 2.05) is 0 Å². The number of carbonyl (C=O) groups excluding carboxylic acids is 4. The zero-order chi connectivity index (χ0) is 29.3.